The Kier molecular flexibility index (Phi) is 7.41. The molecule has 7 heteroatoms. The Morgan fingerprint density at radius 3 is 2.31 bits per heavy atom. The van der Waals surface area contributed by atoms with Crippen LogP contribution in [-0.4, -0.2) is 41.2 Å². The molecule has 1 aliphatic rings. The van der Waals surface area contributed by atoms with Crippen LogP contribution in [0.1, 0.15) is 62.0 Å². The number of carbonyl (C=O) groups excluding carboxylic acids is 4. The quantitative estimate of drug-likeness (QED) is 0.463. The molecule has 0 bridgehead atoms. The number of esters is 1. The molecule has 2 unspecified atom stereocenters. The lowest BCUT2D eigenvalue weighted by atomic mass is 10.0. The van der Waals surface area contributed by atoms with Gasteiger partial charge in [-0.15, -0.1) is 0 Å². The number of hydrogen-bond donors (Lipinski definition) is 0. The van der Waals surface area contributed by atoms with E-state index >= 15 is 0 Å². The van der Waals surface area contributed by atoms with E-state index in [1.165, 1.54) is 12.1 Å². The predicted octanol–water partition coefficient (Wildman–Crippen LogP) is 3.89. The highest BCUT2D eigenvalue weighted by Gasteiger charge is 2.45. The third kappa shape index (κ3) is 4.72. The van der Waals surface area contributed by atoms with E-state index < -0.39 is 17.9 Å². The third-order valence-corrected chi connectivity index (χ3v) is 5.55. The molecule has 0 saturated carbocycles. The van der Waals surface area contributed by atoms with Gasteiger partial charge in [-0.3, -0.25) is 14.4 Å². The Balaban J connectivity index is 1.88. The molecule has 0 aromatic heterocycles. The number of carbonyl (C=O) groups is 4. The van der Waals surface area contributed by atoms with Gasteiger partial charge in [0.25, 0.3) is 5.91 Å². The molecule has 3 amide bonds. The Bertz CT molecular complexity index is 987. The first-order valence-electron chi connectivity index (χ1n) is 10.9. The number of nitrogens with zero attached hydrogens (tertiary/aromatic N) is 2. The maximum absolute atomic E-state index is 13.3. The standard InChI is InChI=1S/C25H28N2O5/c1-4-9-22(28)26(17(3)18-10-7-6-8-11-18)21-16-23(29)27(24(21)30)20-14-12-19(13-15-20)25(31)32-5-2/h6-8,10-15,17,21H,4-5,9,16H2,1-3H3. The molecule has 2 aromatic carbocycles. The van der Waals surface area contributed by atoms with Crippen molar-refractivity contribution in [3.05, 3.63) is 65.7 Å². The van der Waals surface area contributed by atoms with Crippen LogP contribution in [0.5, 0.6) is 0 Å². The van der Waals surface area contributed by atoms with Gasteiger partial charge in [0.2, 0.25) is 11.8 Å². The minimum atomic E-state index is -0.874. The van der Waals surface area contributed by atoms with Gasteiger partial charge in [-0.2, -0.15) is 0 Å². The van der Waals surface area contributed by atoms with Crippen LogP contribution in [0.25, 0.3) is 0 Å². The van der Waals surface area contributed by atoms with Crippen LogP contribution in [0.15, 0.2) is 54.6 Å². The number of benzene rings is 2. The van der Waals surface area contributed by atoms with Crippen molar-refractivity contribution in [2.75, 3.05) is 11.5 Å². The molecule has 3 rings (SSSR count). The Hall–Kier alpha value is -3.48. The number of ether oxygens (including phenoxy) is 1. The van der Waals surface area contributed by atoms with Crippen molar-refractivity contribution in [2.45, 2.75) is 52.1 Å². The van der Waals surface area contributed by atoms with Crippen LogP contribution in [-0.2, 0) is 19.1 Å². The largest absolute Gasteiger partial charge is 0.462 e. The van der Waals surface area contributed by atoms with Gasteiger partial charge < -0.3 is 9.64 Å². The summed E-state index contributed by atoms with van der Waals surface area (Å²) < 4.78 is 4.97. The lowest BCUT2D eigenvalue weighted by molar-refractivity contribution is -0.141. The average molecular weight is 437 g/mol. The molecule has 0 N–H and O–H groups in total. The lowest BCUT2D eigenvalue weighted by Crippen LogP contribution is -2.46. The molecule has 1 heterocycles. The zero-order valence-electron chi connectivity index (χ0n) is 18.6. The van der Waals surface area contributed by atoms with Gasteiger partial charge in [0, 0.05) is 6.42 Å². The van der Waals surface area contributed by atoms with E-state index in [-0.39, 0.29) is 30.9 Å². The van der Waals surface area contributed by atoms with Crippen molar-refractivity contribution in [3.63, 3.8) is 0 Å². The summed E-state index contributed by atoms with van der Waals surface area (Å²) in [5.41, 5.74) is 1.60. The number of imide groups is 1. The van der Waals surface area contributed by atoms with E-state index in [1.54, 1.807) is 24.0 Å². The van der Waals surface area contributed by atoms with E-state index in [4.69, 9.17) is 4.74 Å². The molecular weight excluding hydrogens is 408 g/mol. The van der Waals surface area contributed by atoms with E-state index in [0.29, 0.717) is 24.1 Å². The van der Waals surface area contributed by atoms with E-state index in [2.05, 4.69) is 0 Å². The second-order valence-electron chi connectivity index (χ2n) is 7.69. The van der Waals surface area contributed by atoms with Crippen molar-refractivity contribution in [3.8, 4) is 0 Å². The first kappa shape index (κ1) is 23.2. The van der Waals surface area contributed by atoms with Crippen LogP contribution in [0, 0.1) is 0 Å². The summed E-state index contributed by atoms with van der Waals surface area (Å²) in [6.07, 6.45) is 0.860. The molecule has 2 atom stereocenters. The van der Waals surface area contributed by atoms with E-state index in [1.807, 2.05) is 44.2 Å². The van der Waals surface area contributed by atoms with Gasteiger partial charge in [0.1, 0.15) is 6.04 Å². The highest BCUT2D eigenvalue weighted by molar-refractivity contribution is 6.23. The number of anilines is 1. The Morgan fingerprint density at radius 1 is 1.06 bits per heavy atom. The number of rotatable bonds is 8. The summed E-state index contributed by atoms with van der Waals surface area (Å²) in [4.78, 5) is 53.7. The normalized spacial score (nSPS) is 16.7. The zero-order chi connectivity index (χ0) is 23.3. The molecule has 1 saturated heterocycles. The monoisotopic (exact) mass is 436 g/mol. The van der Waals surface area contributed by atoms with Gasteiger partial charge in [-0.25, -0.2) is 9.69 Å². The third-order valence-electron chi connectivity index (χ3n) is 5.55. The van der Waals surface area contributed by atoms with Crippen LogP contribution < -0.4 is 4.90 Å². The minimum Gasteiger partial charge on any atom is -0.462 e. The second kappa shape index (κ2) is 10.2. The summed E-state index contributed by atoms with van der Waals surface area (Å²) in [7, 11) is 0. The fourth-order valence-electron chi connectivity index (χ4n) is 3.96. The fraction of sp³-hybridized carbons (Fsp3) is 0.360. The molecule has 2 aromatic rings. The average Bonchev–Trinajstić information content (AvgIpc) is 3.08. The highest BCUT2D eigenvalue weighted by atomic mass is 16.5. The van der Waals surface area contributed by atoms with Crippen LogP contribution in [0.3, 0.4) is 0 Å². The van der Waals surface area contributed by atoms with Crippen LogP contribution >= 0.6 is 0 Å². The summed E-state index contributed by atoms with van der Waals surface area (Å²) >= 11 is 0. The van der Waals surface area contributed by atoms with Crippen molar-refractivity contribution >= 4 is 29.4 Å². The summed E-state index contributed by atoms with van der Waals surface area (Å²) in [5.74, 6) is -1.44. The molecule has 168 valence electrons. The minimum absolute atomic E-state index is 0.0783. The first-order chi connectivity index (χ1) is 15.4. The fourth-order valence-corrected chi connectivity index (χ4v) is 3.96. The molecular formula is C25H28N2O5. The van der Waals surface area contributed by atoms with E-state index in [9.17, 15) is 19.2 Å². The predicted molar refractivity (Wildman–Crippen MR) is 120 cm³/mol. The Morgan fingerprint density at radius 2 is 1.72 bits per heavy atom. The van der Waals surface area contributed by atoms with Crippen molar-refractivity contribution in [2.24, 2.45) is 0 Å². The van der Waals surface area contributed by atoms with Gasteiger partial charge in [0.15, 0.2) is 0 Å². The van der Waals surface area contributed by atoms with Crippen LogP contribution in [0.4, 0.5) is 5.69 Å². The van der Waals surface area contributed by atoms with E-state index in [0.717, 1.165) is 10.5 Å². The zero-order valence-corrected chi connectivity index (χ0v) is 18.6. The van der Waals surface area contributed by atoms with Crippen molar-refractivity contribution in [1.82, 2.24) is 4.90 Å². The van der Waals surface area contributed by atoms with Crippen molar-refractivity contribution < 1.29 is 23.9 Å². The van der Waals surface area contributed by atoms with Crippen LogP contribution in [0.2, 0.25) is 0 Å². The van der Waals surface area contributed by atoms with Gasteiger partial charge in [-0.1, -0.05) is 37.3 Å². The van der Waals surface area contributed by atoms with Gasteiger partial charge >= 0.3 is 5.97 Å². The molecule has 0 radical (unpaired) electrons. The topological polar surface area (TPSA) is 84.0 Å². The lowest BCUT2D eigenvalue weighted by Gasteiger charge is -2.33. The summed E-state index contributed by atoms with van der Waals surface area (Å²) in [6.45, 7) is 5.75. The molecule has 0 aliphatic carbocycles. The summed E-state index contributed by atoms with van der Waals surface area (Å²) in [5, 5.41) is 0. The number of hydrogen-bond acceptors (Lipinski definition) is 5. The van der Waals surface area contributed by atoms with Crippen molar-refractivity contribution in [1.29, 1.82) is 0 Å². The SMILES string of the molecule is CCCC(=O)N(C1CC(=O)N(c2ccc(C(=O)OCC)cc2)C1=O)C(C)c1ccccc1. The molecule has 7 nitrogen and oxygen atoms in total. The number of amides is 3. The smallest absolute Gasteiger partial charge is 0.338 e. The van der Waals surface area contributed by atoms with Gasteiger partial charge in [0.05, 0.1) is 30.3 Å². The first-order valence-corrected chi connectivity index (χ1v) is 10.9. The Labute approximate surface area is 188 Å². The second-order valence-corrected chi connectivity index (χ2v) is 7.69. The highest BCUT2D eigenvalue weighted by Crippen LogP contribution is 2.32. The molecule has 1 aliphatic heterocycles. The molecule has 0 spiro atoms. The maximum Gasteiger partial charge on any atom is 0.338 e. The molecule has 32 heavy (non-hydrogen) atoms. The van der Waals surface area contributed by atoms with Gasteiger partial charge in [-0.05, 0) is 50.1 Å². The molecule has 1 fully saturated rings. The maximum atomic E-state index is 13.3. The summed E-state index contributed by atoms with van der Waals surface area (Å²) in [6, 6.07) is 14.4.